The molecule has 0 unspecified atom stereocenters. The van der Waals surface area contributed by atoms with Gasteiger partial charge >= 0.3 is 0 Å². The summed E-state index contributed by atoms with van der Waals surface area (Å²) in [5, 5.41) is 19.7. The number of thioether (sulfide) groups is 1. The minimum atomic E-state index is -0.408. The zero-order chi connectivity index (χ0) is 18.4. The van der Waals surface area contributed by atoms with Crippen LogP contribution < -0.4 is 0 Å². The van der Waals surface area contributed by atoms with Crippen molar-refractivity contribution in [2.24, 2.45) is 10.1 Å². The maximum Gasteiger partial charge on any atom is 0.283 e. The Morgan fingerprint density at radius 2 is 1.89 bits per heavy atom. The number of amides is 1. The number of hydrazone groups is 1. The van der Waals surface area contributed by atoms with Gasteiger partial charge in [-0.1, -0.05) is 48.5 Å². The van der Waals surface area contributed by atoms with Crippen molar-refractivity contribution in [3.63, 3.8) is 0 Å². The van der Waals surface area contributed by atoms with Crippen LogP contribution in [-0.4, -0.2) is 27.0 Å². The SMILES string of the molecule is N=C1/C(=C/c2cccc3ccccc23)C(=O)N=C2SC(c3cccs3)=NN12. The predicted octanol–water partition coefficient (Wildman–Crippen LogP) is 4.57. The topological polar surface area (TPSA) is 68.9 Å². The van der Waals surface area contributed by atoms with E-state index in [1.807, 2.05) is 60.0 Å². The molecule has 0 bridgehead atoms. The molecule has 2 aliphatic heterocycles. The van der Waals surface area contributed by atoms with Crippen LogP contribution in [0.1, 0.15) is 10.4 Å². The summed E-state index contributed by atoms with van der Waals surface area (Å²) in [5.41, 5.74) is 1.13. The van der Waals surface area contributed by atoms with Crippen LogP contribution in [0.2, 0.25) is 0 Å². The van der Waals surface area contributed by atoms with Gasteiger partial charge in [-0.05, 0) is 45.6 Å². The number of nitrogens with zero attached hydrogens (tertiary/aromatic N) is 3. The maximum absolute atomic E-state index is 12.6. The number of amidine groups is 2. The lowest BCUT2D eigenvalue weighted by Crippen LogP contribution is -2.35. The van der Waals surface area contributed by atoms with Gasteiger partial charge in [0.05, 0.1) is 10.5 Å². The lowest BCUT2D eigenvalue weighted by molar-refractivity contribution is -0.114. The first-order chi connectivity index (χ1) is 13.2. The zero-order valence-corrected chi connectivity index (χ0v) is 15.6. The molecule has 0 spiro atoms. The van der Waals surface area contributed by atoms with Crippen molar-refractivity contribution in [1.82, 2.24) is 5.01 Å². The Balaban J connectivity index is 1.58. The van der Waals surface area contributed by atoms with Gasteiger partial charge in [0, 0.05) is 0 Å². The van der Waals surface area contributed by atoms with Crippen LogP contribution in [0, 0.1) is 5.41 Å². The summed E-state index contributed by atoms with van der Waals surface area (Å²) in [6, 6.07) is 17.8. The second-order valence-corrected chi connectivity index (χ2v) is 7.87. The molecule has 2 aliphatic rings. The highest BCUT2D eigenvalue weighted by atomic mass is 32.2. The zero-order valence-electron chi connectivity index (χ0n) is 13.9. The molecule has 1 aromatic heterocycles. The largest absolute Gasteiger partial charge is 0.283 e. The molecule has 1 N–H and O–H groups in total. The number of hydrogen-bond donors (Lipinski definition) is 1. The van der Waals surface area contributed by atoms with E-state index in [0.29, 0.717) is 5.17 Å². The third-order valence-corrected chi connectivity index (χ3v) is 6.26. The van der Waals surface area contributed by atoms with E-state index in [9.17, 15) is 4.79 Å². The standard InChI is InChI=1S/C20H12N4OS2/c21-17-15(11-13-7-3-6-12-5-1-2-8-14(12)13)18(25)22-20-24(17)23-19(27-20)16-9-4-10-26-16/h1-11,21H/b15-11-,21-17?. The van der Waals surface area contributed by atoms with Crippen LogP contribution in [0.3, 0.4) is 0 Å². The van der Waals surface area contributed by atoms with Crippen LogP contribution in [-0.2, 0) is 4.79 Å². The van der Waals surface area contributed by atoms with Crippen LogP contribution in [0.15, 0.2) is 75.6 Å². The van der Waals surface area contributed by atoms with Gasteiger partial charge in [0.15, 0.2) is 5.84 Å². The molecule has 5 nitrogen and oxygen atoms in total. The molecule has 2 aromatic carbocycles. The van der Waals surface area contributed by atoms with E-state index in [2.05, 4.69) is 10.1 Å². The Bertz CT molecular complexity index is 1190. The number of aliphatic imine (C=N–C) groups is 1. The fraction of sp³-hybridized carbons (Fsp3) is 0. The summed E-state index contributed by atoms with van der Waals surface area (Å²) < 4.78 is 0. The molecule has 0 saturated heterocycles. The molecule has 3 heterocycles. The number of fused-ring (bicyclic) bond motifs is 2. The van der Waals surface area contributed by atoms with Gasteiger partial charge in [-0.2, -0.15) is 15.1 Å². The molecule has 130 valence electrons. The molecule has 0 fully saturated rings. The summed E-state index contributed by atoms with van der Waals surface area (Å²) in [7, 11) is 0. The van der Waals surface area contributed by atoms with E-state index in [0.717, 1.165) is 26.3 Å². The van der Waals surface area contributed by atoms with Gasteiger partial charge in [-0.15, -0.1) is 11.3 Å². The molecule has 5 rings (SSSR count). The summed E-state index contributed by atoms with van der Waals surface area (Å²) in [6.07, 6.45) is 1.73. The quantitative estimate of drug-likeness (QED) is 0.654. The van der Waals surface area contributed by atoms with Crippen molar-refractivity contribution in [3.8, 4) is 0 Å². The number of carbonyl (C=O) groups is 1. The van der Waals surface area contributed by atoms with E-state index in [1.54, 1.807) is 17.4 Å². The molecule has 7 heteroatoms. The number of hydrogen-bond acceptors (Lipinski definition) is 5. The minimum absolute atomic E-state index is 0.0528. The maximum atomic E-state index is 12.6. The highest BCUT2D eigenvalue weighted by Crippen LogP contribution is 2.32. The highest BCUT2D eigenvalue weighted by Gasteiger charge is 2.36. The van der Waals surface area contributed by atoms with Gasteiger partial charge in [-0.3, -0.25) is 10.2 Å². The third-order valence-electron chi connectivity index (χ3n) is 4.31. The molecule has 0 atom stereocenters. The second kappa shape index (κ2) is 6.29. The lowest BCUT2D eigenvalue weighted by atomic mass is 10.0. The van der Waals surface area contributed by atoms with Crippen molar-refractivity contribution in [1.29, 1.82) is 5.41 Å². The van der Waals surface area contributed by atoms with Crippen LogP contribution in [0.4, 0.5) is 0 Å². The monoisotopic (exact) mass is 388 g/mol. The first kappa shape index (κ1) is 16.2. The normalized spacial score (nSPS) is 18.1. The van der Waals surface area contributed by atoms with Crippen LogP contribution >= 0.6 is 23.1 Å². The Kier molecular flexibility index (Phi) is 3.77. The van der Waals surface area contributed by atoms with Crippen molar-refractivity contribution in [2.75, 3.05) is 0 Å². The smallest absolute Gasteiger partial charge is 0.282 e. The van der Waals surface area contributed by atoms with E-state index >= 15 is 0 Å². The molecule has 0 radical (unpaired) electrons. The number of benzene rings is 2. The molecule has 27 heavy (non-hydrogen) atoms. The van der Waals surface area contributed by atoms with E-state index < -0.39 is 5.91 Å². The average molecular weight is 388 g/mol. The Morgan fingerprint density at radius 1 is 1.04 bits per heavy atom. The number of carbonyl (C=O) groups excluding carboxylic acids is 1. The van der Waals surface area contributed by atoms with Crippen molar-refractivity contribution >= 4 is 61.9 Å². The molecular weight excluding hydrogens is 376 g/mol. The van der Waals surface area contributed by atoms with Crippen molar-refractivity contribution in [2.45, 2.75) is 0 Å². The highest BCUT2D eigenvalue weighted by molar-refractivity contribution is 8.27. The Hall–Kier alpha value is -3.03. The van der Waals surface area contributed by atoms with Crippen LogP contribution in [0.5, 0.6) is 0 Å². The lowest BCUT2D eigenvalue weighted by Gasteiger charge is -2.20. The van der Waals surface area contributed by atoms with Gasteiger partial charge in [0.25, 0.3) is 5.91 Å². The molecule has 0 saturated carbocycles. The Labute approximate surface area is 163 Å². The average Bonchev–Trinajstić information content (AvgIpc) is 3.35. The molecule has 3 aromatic rings. The fourth-order valence-corrected chi connectivity index (χ4v) is 4.71. The first-order valence-electron chi connectivity index (χ1n) is 8.22. The second-order valence-electron chi connectivity index (χ2n) is 5.97. The first-order valence-corrected chi connectivity index (χ1v) is 9.92. The van der Waals surface area contributed by atoms with E-state index in [4.69, 9.17) is 5.41 Å². The Morgan fingerprint density at radius 3 is 2.74 bits per heavy atom. The fourth-order valence-electron chi connectivity index (χ4n) is 3.02. The van der Waals surface area contributed by atoms with Crippen molar-refractivity contribution < 1.29 is 4.79 Å². The van der Waals surface area contributed by atoms with Gasteiger partial charge in [0.2, 0.25) is 5.17 Å². The summed E-state index contributed by atoms with van der Waals surface area (Å²) >= 11 is 2.89. The summed E-state index contributed by atoms with van der Waals surface area (Å²) in [5.74, 6) is -0.355. The van der Waals surface area contributed by atoms with Gasteiger partial charge in [0.1, 0.15) is 5.04 Å². The van der Waals surface area contributed by atoms with Gasteiger partial charge in [-0.25, -0.2) is 0 Å². The number of thiophene rings is 1. The van der Waals surface area contributed by atoms with Gasteiger partial charge < -0.3 is 0 Å². The number of nitrogens with one attached hydrogen (secondary N) is 1. The predicted molar refractivity (Wildman–Crippen MR) is 112 cm³/mol. The van der Waals surface area contributed by atoms with E-state index in [1.165, 1.54) is 16.8 Å². The molecule has 1 amide bonds. The number of rotatable bonds is 2. The van der Waals surface area contributed by atoms with Crippen LogP contribution in [0.25, 0.3) is 16.8 Å². The summed E-state index contributed by atoms with van der Waals surface area (Å²) in [6.45, 7) is 0. The summed E-state index contributed by atoms with van der Waals surface area (Å²) in [4.78, 5) is 17.8. The molecule has 0 aliphatic carbocycles. The minimum Gasteiger partial charge on any atom is -0.282 e. The molecular formula is C20H12N4OS2. The van der Waals surface area contributed by atoms with E-state index in [-0.39, 0.29) is 11.4 Å². The van der Waals surface area contributed by atoms with Crippen molar-refractivity contribution in [3.05, 3.63) is 76.0 Å². The third kappa shape index (κ3) is 2.72.